The quantitative estimate of drug-likeness (QED) is 0.760. The molecule has 0 radical (unpaired) electrons. The third-order valence-electron chi connectivity index (χ3n) is 2.83. The number of rotatable bonds is 3. The summed E-state index contributed by atoms with van der Waals surface area (Å²) < 4.78 is 0. The minimum Gasteiger partial charge on any atom is -0.340 e. The summed E-state index contributed by atoms with van der Waals surface area (Å²) >= 11 is 1.83. The van der Waals surface area contributed by atoms with Gasteiger partial charge in [-0.15, -0.1) is 0 Å². The topological polar surface area (TPSA) is 52.9 Å². The molecule has 2 aliphatic rings. The smallest absolute Gasteiger partial charge is 0.225 e. The lowest BCUT2D eigenvalue weighted by atomic mass is 10.1. The number of nitriles is 1. The number of hydrogen-bond acceptors (Lipinski definition) is 3. The zero-order valence-corrected chi connectivity index (χ0v) is 8.85. The van der Waals surface area contributed by atoms with Crippen molar-refractivity contribution in [2.75, 3.05) is 11.5 Å². The molecule has 0 spiro atoms. The molecular formula is C10H14N2OS. The second kappa shape index (κ2) is 4.22. The van der Waals surface area contributed by atoms with Gasteiger partial charge in [0, 0.05) is 11.7 Å². The van der Waals surface area contributed by atoms with Crippen LogP contribution in [0.2, 0.25) is 0 Å². The van der Waals surface area contributed by atoms with Crippen molar-refractivity contribution >= 4 is 17.7 Å². The first-order valence-electron chi connectivity index (χ1n) is 5.09. The van der Waals surface area contributed by atoms with E-state index in [1.54, 1.807) is 0 Å². The Hall–Kier alpha value is -0.690. The van der Waals surface area contributed by atoms with Crippen molar-refractivity contribution < 1.29 is 4.79 Å². The van der Waals surface area contributed by atoms with E-state index in [4.69, 9.17) is 5.26 Å². The minimum atomic E-state index is -0.229. The average Bonchev–Trinajstić information content (AvgIpc) is 2.88. The highest BCUT2D eigenvalue weighted by Crippen LogP contribution is 2.33. The van der Waals surface area contributed by atoms with Crippen LogP contribution >= 0.6 is 11.8 Å². The Kier molecular flexibility index (Phi) is 2.97. The Morgan fingerprint density at radius 1 is 1.50 bits per heavy atom. The number of amides is 1. The summed E-state index contributed by atoms with van der Waals surface area (Å²) in [6.45, 7) is 0. The molecule has 2 atom stereocenters. The van der Waals surface area contributed by atoms with Crippen LogP contribution in [0.15, 0.2) is 0 Å². The molecule has 0 aromatic carbocycles. The molecule has 1 aliphatic carbocycles. The van der Waals surface area contributed by atoms with Crippen LogP contribution in [-0.4, -0.2) is 23.5 Å². The van der Waals surface area contributed by atoms with Crippen molar-refractivity contribution in [2.24, 2.45) is 11.8 Å². The second-order valence-corrected chi connectivity index (χ2v) is 5.16. The van der Waals surface area contributed by atoms with Crippen LogP contribution in [0.1, 0.15) is 19.3 Å². The van der Waals surface area contributed by atoms with Gasteiger partial charge in [-0.1, -0.05) is 0 Å². The van der Waals surface area contributed by atoms with Gasteiger partial charge in [0.1, 0.15) is 6.04 Å². The number of carbonyl (C=O) groups is 1. The van der Waals surface area contributed by atoms with Crippen LogP contribution in [0.25, 0.3) is 0 Å². The summed E-state index contributed by atoms with van der Waals surface area (Å²) in [4.78, 5) is 11.7. The van der Waals surface area contributed by atoms with Gasteiger partial charge in [0.25, 0.3) is 0 Å². The number of nitrogens with zero attached hydrogens (tertiary/aromatic N) is 1. The SMILES string of the molecule is N#CC(NC(=O)C1CCSC1)C1CC1. The van der Waals surface area contributed by atoms with E-state index in [2.05, 4.69) is 11.4 Å². The molecule has 1 amide bonds. The lowest BCUT2D eigenvalue weighted by Crippen LogP contribution is -2.39. The highest BCUT2D eigenvalue weighted by molar-refractivity contribution is 7.99. The highest BCUT2D eigenvalue weighted by atomic mass is 32.2. The fraction of sp³-hybridized carbons (Fsp3) is 0.800. The van der Waals surface area contributed by atoms with Crippen LogP contribution < -0.4 is 5.32 Å². The lowest BCUT2D eigenvalue weighted by molar-refractivity contribution is -0.124. The zero-order chi connectivity index (χ0) is 9.97. The molecule has 0 aromatic heterocycles. The van der Waals surface area contributed by atoms with Gasteiger partial charge >= 0.3 is 0 Å². The Morgan fingerprint density at radius 2 is 2.29 bits per heavy atom. The first kappa shape index (κ1) is 9.85. The number of nitrogens with one attached hydrogen (secondary N) is 1. The van der Waals surface area contributed by atoms with Crippen molar-refractivity contribution in [2.45, 2.75) is 25.3 Å². The van der Waals surface area contributed by atoms with E-state index < -0.39 is 0 Å². The lowest BCUT2D eigenvalue weighted by Gasteiger charge is -2.13. The van der Waals surface area contributed by atoms with E-state index in [1.165, 1.54) is 0 Å². The normalized spacial score (nSPS) is 28.1. The van der Waals surface area contributed by atoms with Gasteiger partial charge in [-0.05, 0) is 30.9 Å². The van der Waals surface area contributed by atoms with Crippen LogP contribution in [0.5, 0.6) is 0 Å². The molecule has 2 unspecified atom stereocenters. The Bertz CT molecular complexity index is 264. The van der Waals surface area contributed by atoms with E-state index in [1.807, 2.05) is 11.8 Å². The minimum absolute atomic E-state index is 0.0912. The predicted molar refractivity (Wildman–Crippen MR) is 55.7 cm³/mol. The van der Waals surface area contributed by atoms with Crippen molar-refractivity contribution in [3.8, 4) is 6.07 Å². The average molecular weight is 210 g/mol. The Balaban J connectivity index is 1.83. The zero-order valence-electron chi connectivity index (χ0n) is 8.03. The third-order valence-corrected chi connectivity index (χ3v) is 3.99. The van der Waals surface area contributed by atoms with Gasteiger partial charge in [-0.3, -0.25) is 4.79 Å². The first-order valence-corrected chi connectivity index (χ1v) is 6.24. The molecule has 1 aliphatic heterocycles. The second-order valence-electron chi connectivity index (χ2n) is 4.01. The molecule has 1 saturated carbocycles. The summed E-state index contributed by atoms with van der Waals surface area (Å²) in [5.41, 5.74) is 0. The predicted octanol–water partition coefficient (Wildman–Crippen LogP) is 1.16. The fourth-order valence-electron chi connectivity index (χ4n) is 1.70. The molecule has 3 nitrogen and oxygen atoms in total. The van der Waals surface area contributed by atoms with Gasteiger partial charge < -0.3 is 5.32 Å². The van der Waals surface area contributed by atoms with Gasteiger partial charge in [0.15, 0.2) is 0 Å². The molecule has 4 heteroatoms. The van der Waals surface area contributed by atoms with E-state index >= 15 is 0 Å². The van der Waals surface area contributed by atoms with Crippen LogP contribution in [0.3, 0.4) is 0 Å². The molecule has 1 N–H and O–H groups in total. The third kappa shape index (κ3) is 2.21. The van der Waals surface area contributed by atoms with Gasteiger partial charge in [-0.25, -0.2) is 0 Å². The van der Waals surface area contributed by atoms with Gasteiger partial charge in [-0.2, -0.15) is 17.0 Å². The Labute approximate surface area is 88.2 Å². The van der Waals surface area contributed by atoms with E-state index in [9.17, 15) is 4.79 Å². The van der Waals surface area contributed by atoms with Crippen molar-refractivity contribution in [1.29, 1.82) is 5.26 Å². The molecule has 1 saturated heterocycles. The molecule has 14 heavy (non-hydrogen) atoms. The molecule has 2 fully saturated rings. The summed E-state index contributed by atoms with van der Waals surface area (Å²) in [6, 6.07) is 1.95. The molecule has 0 bridgehead atoms. The standard InChI is InChI=1S/C10H14N2OS/c11-5-9(7-1-2-7)12-10(13)8-3-4-14-6-8/h7-9H,1-4,6H2,(H,12,13). The van der Waals surface area contributed by atoms with E-state index in [-0.39, 0.29) is 17.9 Å². The fourth-order valence-corrected chi connectivity index (χ4v) is 2.92. The van der Waals surface area contributed by atoms with Gasteiger partial charge in [0.2, 0.25) is 5.91 Å². The monoisotopic (exact) mass is 210 g/mol. The number of hydrogen-bond donors (Lipinski definition) is 1. The maximum atomic E-state index is 11.7. The largest absolute Gasteiger partial charge is 0.340 e. The first-order chi connectivity index (χ1) is 6.81. The summed E-state index contributed by atoms with van der Waals surface area (Å²) in [7, 11) is 0. The van der Waals surface area contributed by atoms with E-state index in [0.717, 1.165) is 30.8 Å². The number of carbonyl (C=O) groups excluding carboxylic acids is 1. The molecule has 1 heterocycles. The summed E-state index contributed by atoms with van der Waals surface area (Å²) in [6.07, 6.45) is 3.16. The van der Waals surface area contributed by atoms with Crippen molar-refractivity contribution in [1.82, 2.24) is 5.32 Å². The van der Waals surface area contributed by atoms with Crippen LogP contribution in [0.4, 0.5) is 0 Å². The summed E-state index contributed by atoms with van der Waals surface area (Å²) in [5, 5.41) is 11.7. The van der Waals surface area contributed by atoms with Crippen molar-refractivity contribution in [3.63, 3.8) is 0 Å². The molecule has 2 rings (SSSR count). The van der Waals surface area contributed by atoms with E-state index in [0.29, 0.717) is 5.92 Å². The van der Waals surface area contributed by atoms with Crippen LogP contribution in [0, 0.1) is 23.2 Å². The van der Waals surface area contributed by atoms with Crippen molar-refractivity contribution in [3.05, 3.63) is 0 Å². The molecule has 0 aromatic rings. The molecular weight excluding hydrogens is 196 g/mol. The maximum Gasteiger partial charge on any atom is 0.225 e. The summed E-state index contributed by atoms with van der Waals surface area (Å²) in [5.74, 6) is 2.67. The Morgan fingerprint density at radius 3 is 2.79 bits per heavy atom. The molecule has 76 valence electrons. The van der Waals surface area contributed by atoms with Gasteiger partial charge in [0.05, 0.1) is 6.07 Å². The maximum absolute atomic E-state index is 11.7. The number of thioether (sulfide) groups is 1. The highest BCUT2D eigenvalue weighted by Gasteiger charge is 2.34. The van der Waals surface area contributed by atoms with Crippen LogP contribution in [-0.2, 0) is 4.79 Å².